The lowest BCUT2D eigenvalue weighted by atomic mass is 10.0. The Morgan fingerprint density at radius 2 is 2.03 bits per heavy atom. The predicted octanol–water partition coefficient (Wildman–Crippen LogP) is 3.64. The number of methoxy groups -OCH3 is 1. The van der Waals surface area contributed by atoms with Crippen molar-refractivity contribution in [1.82, 2.24) is 14.9 Å². The predicted molar refractivity (Wildman–Crippen MR) is 114 cm³/mol. The summed E-state index contributed by atoms with van der Waals surface area (Å²) < 4.78 is 7.17. The van der Waals surface area contributed by atoms with Crippen molar-refractivity contribution in [3.63, 3.8) is 0 Å². The minimum absolute atomic E-state index is 0.101. The molecule has 1 aromatic heterocycles. The molecule has 8 heteroatoms. The number of anilines is 1. The highest BCUT2D eigenvalue weighted by molar-refractivity contribution is 8.00. The van der Waals surface area contributed by atoms with Gasteiger partial charge in [0.1, 0.15) is 11.0 Å². The summed E-state index contributed by atoms with van der Waals surface area (Å²) in [5.74, 6) is 1.47. The molecule has 2 aromatic carbocycles. The summed E-state index contributed by atoms with van der Waals surface area (Å²) in [5, 5.41) is 11.9. The number of carbonyl (C=O) groups is 1. The summed E-state index contributed by atoms with van der Waals surface area (Å²) >= 11 is 1.43. The number of nitrogens with zero attached hydrogens (tertiary/aromatic N) is 3. The molecule has 1 amide bonds. The minimum Gasteiger partial charge on any atom is -0.497 e. The number of carbonyl (C=O) groups excluding carboxylic acids is 1. The Hall–Kier alpha value is -3.00. The second-order valence-electron chi connectivity index (χ2n) is 6.76. The van der Waals surface area contributed by atoms with E-state index in [0.717, 1.165) is 24.2 Å². The SMILES string of the molecule is CCCc1nnc2n1N[C@@H](c1ccccc1)[C@@H](C(=O)Nc1cccc(OC)c1)S2. The molecule has 7 nitrogen and oxygen atoms in total. The number of hydrogen-bond acceptors (Lipinski definition) is 6. The number of rotatable bonds is 6. The monoisotopic (exact) mass is 409 g/mol. The number of aromatic nitrogens is 3. The molecule has 0 aliphatic carbocycles. The van der Waals surface area contributed by atoms with Gasteiger partial charge in [0.05, 0.1) is 13.2 Å². The number of fused-ring (bicyclic) bond motifs is 1. The number of hydrogen-bond donors (Lipinski definition) is 2. The van der Waals surface area contributed by atoms with Crippen molar-refractivity contribution in [3.8, 4) is 5.75 Å². The number of aryl methyl sites for hydroxylation is 1. The lowest BCUT2D eigenvalue weighted by molar-refractivity contribution is -0.116. The van der Waals surface area contributed by atoms with Crippen LogP contribution in [0.25, 0.3) is 0 Å². The zero-order valence-electron chi connectivity index (χ0n) is 16.3. The third kappa shape index (κ3) is 4.07. The van der Waals surface area contributed by atoms with Gasteiger partial charge >= 0.3 is 0 Å². The molecule has 0 bridgehead atoms. The largest absolute Gasteiger partial charge is 0.497 e. The van der Waals surface area contributed by atoms with Crippen LogP contribution in [0.3, 0.4) is 0 Å². The van der Waals surface area contributed by atoms with E-state index >= 15 is 0 Å². The van der Waals surface area contributed by atoms with Gasteiger partial charge in [0.15, 0.2) is 5.82 Å². The van der Waals surface area contributed by atoms with E-state index in [2.05, 4.69) is 27.9 Å². The molecule has 0 fully saturated rings. The van der Waals surface area contributed by atoms with Crippen molar-refractivity contribution in [1.29, 1.82) is 0 Å². The summed E-state index contributed by atoms with van der Waals surface area (Å²) in [6, 6.07) is 17.1. The first-order valence-electron chi connectivity index (χ1n) is 9.57. The zero-order chi connectivity index (χ0) is 20.2. The molecule has 2 atom stereocenters. The van der Waals surface area contributed by atoms with Crippen LogP contribution in [0.5, 0.6) is 5.75 Å². The Labute approximate surface area is 173 Å². The van der Waals surface area contributed by atoms with Gasteiger partial charge in [0.2, 0.25) is 11.1 Å². The van der Waals surface area contributed by atoms with Crippen LogP contribution in [0.2, 0.25) is 0 Å². The fraction of sp³-hybridized carbons (Fsp3) is 0.286. The summed E-state index contributed by atoms with van der Waals surface area (Å²) in [6.45, 7) is 2.11. The van der Waals surface area contributed by atoms with Crippen LogP contribution in [0.1, 0.15) is 30.8 Å². The lowest BCUT2D eigenvalue weighted by Crippen LogP contribution is -2.41. The first-order valence-corrected chi connectivity index (χ1v) is 10.4. The Kier molecular flexibility index (Phi) is 5.71. The molecule has 0 spiro atoms. The number of thioether (sulfide) groups is 1. The van der Waals surface area contributed by atoms with E-state index in [1.807, 2.05) is 53.2 Å². The van der Waals surface area contributed by atoms with E-state index in [4.69, 9.17) is 4.74 Å². The van der Waals surface area contributed by atoms with Crippen molar-refractivity contribution in [2.24, 2.45) is 0 Å². The van der Waals surface area contributed by atoms with Crippen molar-refractivity contribution < 1.29 is 9.53 Å². The summed E-state index contributed by atoms with van der Waals surface area (Å²) in [6.07, 6.45) is 1.79. The first kappa shape index (κ1) is 19.3. The maximum absolute atomic E-state index is 13.2. The topological polar surface area (TPSA) is 81.1 Å². The smallest absolute Gasteiger partial charge is 0.240 e. The van der Waals surface area contributed by atoms with Crippen LogP contribution in [-0.4, -0.2) is 33.1 Å². The third-order valence-corrected chi connectivity index (χ3v) is 5.95. The van der Waals surface area contributed by atoms with Gasteiger partial charge in [0, 0.05) is 18.2 Å². The van der Waals surface area contributed by atoms with E-state index < -0.39 is 5.25 Å². The molecule has 150 valence electrons. The van der Waals surface area contributed by atoms with Crippen LogP contribution in [0.4, 0.5) is 5.69 Å². The number of amides is 1. The average Bonchev–Trinajstić information content (AvgIpc) is 3.16. The lowest BCUT2D eigenvalue weighted by Gasteiger charge is -2.33. The van der Waals surface area contributed by atoms with Gasteiger partial charge < -0.3 is 15.5 Å². The summed E-state index contributed by atoms with van der Waals surface area (Å²) in [5.41, 5.74) is 5.20. The Bertz CT molecular complexity index is 992. The molecule has 1 aliphatic heterocycles. The molecule has 2 heterocycles. The second-order valence-corrected chi connectivity index (χ2v) is 7.87. The maximum atomic E-state index is 13.2. The van der Waals surface area contributed by atoms with E-state index in [-0.39, 0.29) is 11.9 Å². The number of benzene rings is 2. The van der Waals surface area contributed by atoms with E-state index in [1.54, 1.807) is 13.2 Å². The molecule has 0 saturated carbocycles. The van der Waals surface area contributed by atoms with Crippen LogP contribution in [0.15, 0.2) is 59.8 Å². The molecule has 4 rings (SSSR count). The van der Waals surface area contributed by atoms with Crippen molar-refractivity contribution >= 4 is 23.4 Å². The minimum atomic E-state index is -0.408. The zero-order valence-corrected chi connectivity index (χ0v) is 17.1. The third-order valence-electron chi connectivity index (χ3n) is 4.73. The van der Waals surface area contributed by atoms with E-state index in [9.17, 15) is 4.79 Å². The van der Waals surface area contributed by atoms with Crippen LogP contribution in [0, 0.1) is 0 Å². The van der Waals surface area contributed by atoms with Gasteiger partial charge in [-0.1, -0.05) is 55.1 Å². The maximum Gasteiger partial charge on any atom is 0.240 e. The van der Waals surface area contributed by atoms with Crippen molar-refractivity contribution in [3.05, 3.63) is 66.0 Å². The number of nitrogens with one attached hydrogen (secondary N) is 2. The van der Waals surface area contributed by atoms with Gasteiger partial charge in [-0.15, -0.1) is 10.2 Å². The van der Waals surface area contributed by atoms with Gasteiger partial charge in [-0.25, -0.2) is 4.68 Å². The quantitative estimate of drug-likeness (QED) is 0.647. The highest BCUT2D eigenvalue weighted by atomic mass is 32.2. The first-order chi connectivity index (χ1) is 14.2. The highest BCUT2D eigenvalue weighted by Gasteiger charge is 2.37. The normalized spacial score (nSPS) is 17.9. The van der Waals surface area contributed by atoms with Gasteiger partial charge in [-0.2, -0.15) is 0 Å². The summed E-state index contributed by atoms with van der Waals surface area (Å²) in [4.78, 5) is 13.2. The van der Waals surface area contributed by atoms with Crippen LogP contribution >= 0.6 is 11.8 Å². The standard InChI is InChI=1S/C21H23N5O2S/c1-3-8-17-23-24-21-26(17)25-18(14-9-5-4-6-10-14)19(29-21)20(27)22-15-11-7-12-16(13-15)28-2/h4-7,9-13,18-19,25H,3,8H2,1-2H3,(H,22,27)/t18-,19-/m0/s1. The Balaban J connectivity index is 1.64. The van der Waals surface area contributed by atoms with Crippen LogP contribution < -0.4 is 15.5 Å². The van der Waals surface area contributed by atoms with E-state index in [1.165, 1.54) is 11.8 Å². The van der Waals surface area contributed by atoms with Gasteiger partial charge in [-0.05, 0) is 24.1 Å². The molecule has 1 aliphatic rings. The van der Waals surface area contributed by atoms with Crippen molar-refractivity contribution in [2.75, 3.05) is 17.9 Å². The molecule has 2 N–H and O–H groups in total. The molecular weight excluding hydrogens is 386 g/mol. The molecule has 29 heavy (non-hydrogen) atoms. The van der Waals surface area contributed by atoms with Gasteiger partial charge in [-0.3, -0.25) is 4.79 Å². The second kappa shape index (κ2) is 8.57. The molecule has 0 radical (unpaired) electrons. The molecule has 3 aromatic rings. The average molecular weight is 410 g/mol. The summed E-state index contributed by atoms with van der Waals surface area (Å²) in [7, 11) is 1.61. The molecular formula is C21H23N5O2S. The fourth-order valence-electron chi connectivity index (χ4n) is 3.31. The molecule has 0 saturated heterocycles. The van der Waals surface area contributed by atoms with Gasteiger partial charge in [0.25, 0.3) is 0 Å². The highest BCUT2D eigenvalue weighted by Crippen LogP contribution is 2.37. The Morgan fingerprint density at radius 3 is 2.79 bits per heavy atom. The Morgan fingerprint density at radius 1 is 1.21 bits per heavy atom. The number of ether oxygens (including phenoxy) is 1. The fourth-order valence-corrected chi connectivity index (χ4v) is 4.41. The van der Waals surface area contributed by atoms with Crippen molar-refractivity contribution in [2.45, 2.75) is 36.2 Å². The van der Waals surface area contributed by atoms with Crippen LogP contribution in [-0.2, 0) is 11.2 Å². The van der Waals surface area contributed by atoms with E-state index in [0.29, 0.717) is 16.6 Å². The molecule has 0 unspecified atom stereocenters.